The molecule has 2 aliphatic rings. The lowest BCUT2D eigenvalue weighted by atomic mass is 9.87. The van der Waals surface area contributed by atoms with E-state index in [1.807, 2.05) is 121 Å². The molecule has 2 heterocycles. The second-order valence-electron chi connectivity index (χ2n) is 15.4. The van der Waals surface area contributed by atoms with Crippen LogP contribution in [0, 0.1) is 0 Å². The van der Waals surface area contributed by atoms with Crippen molar-refractivity contribution in [1.82, 2.24) is 15.5 Å². The molecule has 0 radical (unpaired) electrons. The highest BCUT2D eigenvalue weighted by molar-refractivity contribution is 8.00. The first-order valence-corrected chi connectivity index (χ1v) is 20.7. The average molecular weight is 820 g/mol. The first kappa shape index (κ1) is 41.4. The number of hydrogen-bond acceptors (Lipinski definition) is 8. The summed E-state index contributed by atoms with van der Waals surface area (Å²) in [6.07, 6.45) is 1.43. The molecule has 0 bridgehead atoms. The molecule has 1 unspecified atom stereocenters. The summed E-state index contributed by atoms with van der Waals surface area (Å²) in [5.41, 5.74) is 3.14. The van der Waals surface area contributed by atoms with Crippen molar-refractivity contribution >= 4 is 41.4 Å². The van der Waals surface area contributed by atoms with Crippen molar-refractivity contribution in [2.75, 3.05) is 5.75 Å². The maximum atomic E-state index is 14.6. The van der Waals surface area contributed by atoms with E-state index >= 15 is 0 Å². The lowest BCUT2D eigenvalue weighted by molar-refractivity contribution is -0.154. The van der Waals surface area contributed by atoms with E-state index in [0.29, 0.717) is 11.1 Å². The molecule has 0 aliphatic carbocycles. The normalized spacial score (nSPS) is 16.8. The quantitative estimate of drug-likeness (QED) is 0.0691. The number of rotatable bonds is 13. The number of benzene rings is 5. The van der Waals surface area contributed by atoms with Crippen LogP contribution in [0.4, 0.5) is 4.79 Å². The van der Waals surface area contributed by atoms with Gasteiger partial charge in [0.2, 0.25) is 5.91 Å². The summed E-state index contributed by atoms with van der Waals surface area (Å²) in [7, 11) is 0. The summed E-state index contributed by atoms with van der Waals surface area (Å²) in [4.78, 5) is 71.2. The van der Waals surface area contributed by atoms with Crippen molar-refractivity contribution in [3.63, 3.8) is 0 Å². The highest BCUT2D eigenvalue weighted by Gasteiger charge is 2.55. The van der Waals surface area contributed by atoms with Crippen molar-refractivity contribution in [3.8, 4) is 0 Å². The van der Waals surface area contributed by atoms with Gasteiger partial charge in [-0.2, -0.15) is 0 Å². The van der Waals surface area contributed by atoms with E-state index in [-0.39, 0.29) is 17.2 Å². The van der Waals surface area contributed by atoms with Crippen LogP contribution in [0.15, 0.2) is 175 Å². The first-order valence-electron chi connectivity index (χ1n) is 19.6. The highest BCUT2D eigenvalue weighted by Crippen LogP contribution is 2.42. The number of nitrogens with zero attached hydrogens (tertiary/aromatic N) is 1. The van der Waals surface area contributed by atoms with Crippen molar-refractivity contribution in [3.05, 3.63) is 203 Å². The predicted octanol–water partition coefficient (Wildman–Crippen LogP) is 8.20. The standard InChI is InChI=1S/C49H45N3O7S/c1-49(2,3)59-48(57)51-40(34-23-13-6-14-24-34)44(54)50-41-45(55)52-42(47(56)58-43(35-25-15-7-16-26-35)36-27-17-8-18-28-36)37(31-60-46(41)52)29-30-38(53)39(32-19-9-4-10-20-32)33-21-11-5-12-22-33/h4-30,39-41,43,46H,31H2,1-3H3,(H,50,54)(H,51,57)/b30-29+/t40?,41-,46-/m1/s1. The van der Waals surface area contributed by atoms with Crippen LogP contribution in [-0.4, -0.2) is 57.3 Å². The Kier molecular flexibility index (Phi) is 12.8. The molecule has 2 aliphatic heterocycles. The molecule has 0 spiro atoms. The first-order chi connectivity index (χ1) is 29.0. The van der Waals surface area contributed by atoms with Gasteiger partial charge in [-0.3, -0.25) is 19.3 Å². The SMILES string of the molecule is CC(C)(C)OC(=O)NC(C(=O)N[C@@H]1C(=O)N2C(C(=O)OC(c3ccccc3)c3ccccc3)=C(/C=C/C(=O)C(c3ccccc3)c3ccccc3)CS[C@H]12)c1ccccc1. The maximum Gasteiger partial charge on any atom is 0.408 e. The largest absolute Gasteiger partial charge is 0.448 e. The molecule has 1 saturated heterocycles. The van der Waals surface area contributed by atoms with E-state index < -0.39 is 59.0 Å². The van der Waals surface area contributed by atoms with Gasteiger partial charge >= 0.3 is 12.1 Å². The lowest BCUT2D eigenvalue weighted by Gasteiger charge is -2.49. The zero-order valence-electron chi connectivity index (χ0n) is 33.4. The third-order valence-corrected chi connectivity index (χ3v) is 11.3. The summed E-state index contributed by atoms with van der Waals surface area (Å²) < 4.78 is 11.8. The van der Waals surface area contributed by atoms with Crippen molar-refractivity contribution in [1.29, 1.82) is 0 Å². The Labute approximate surface area is 353 Å². The molecule has 60 heavy (non-hydrogen) atoms. The Morgan fingerprint density at radius 1 is 0.700 bits per heavy atom. The second kappa shape index (κ2) is 18.5. The molecule has 3 atom stereocenters. The molecule has 0 saturated carbocycles. The molecule has 11 heteroatoms. The topological polar surface area (TPSA) is 131 Å². The molecular weight excluding hydrogens is 775 g/mol. The smallest absolute Gasteiger partial charge is 0.408 e. The number of hydrogen-bond donors (Lipinski definition) is 2. The zero-order valence-corrected chi connectivity index (χ0v) is 34.2. The molecular formula is C49H45N3O7S. The molecule has 3 amide bonds. The molecule has 304 valence electrons. The predicted molar refractivity (Wildman–Crippen MR) is 230 cm³/mol. The van der Waals surface area contributed by atoms with E-state index in [1.165, 1.54) is 22.7 Å². The summed E-state index contributed by atoms with van der Waals surface area (Å²) in [5.74, 6) is -2.54. The Morgan fingerprint density at radius 3 is 1.65 bits per heavy atom. The Hall–Kier alpha value is -6.72. The molecule has 2 N–H and O–H groups in total. The monoisotopic (exact) mass is 819 g/mol. The van der Waals surface area contributed by atoms with Crippen LogP contribution in [0.5, 0.6) is 0 Å². The van der Waals surface area contributed by atoms with Crippen molar-refractivity contribution < 1.29 is 33.4 Å². The van der Waals surface area contributed by atoms with Crippen LogP contribution < -0.4 is 10.6 Å². The average Bonchev–Trinajstić information content (AvgIpc) is 3.26. The Balaban J connectivity index is 1.21. The number of amides is 3. The van der Waals surface area contributed by atoms with Gasteiger partial charge in [-0.05, 0) is 60.2 Å². The number of carbonyl (C=O) groups excluding carboxylic acids is 5. The van der Waals surface area contributed by atoms with Crippen molar-refractivity contribution in [2.24, 2.45) is 0 Å². The number of thioether (sulfide) groups is 1. The van der Waals surface area contributed by atoms with Gasteiger partial charge in [-0.25, -0.2) is 9.59 Å². The number of carbonyl (C=O) groups is 5. The minimum atomic E-state index is -1.18. The molecule has 5 aromatic rings. The maximum absolute atomic E-state index is 14.6. The van der Waals surface area contributed by atoms with E-state index in [2.05, 4.69) is 10.6 Å². The summed E-state index contributed by atoms with van der Waals surface area (Å²) in [6, 6.07) is 44.0. The number of ether oxygens (including phenoxy) is 2. The molecule has 7 rings (SSSR count). The van der Waals surface area contributed by atoms with Gasteiger partial charge in [-0.15, -0.1) is 11.8 Å². The third kappa shape index (κ3) is 9.59. The van der Waals surface area contributed by atoms with E-state index in [4.69, 9.17) is 9.47 Å². The number of ketones is 1. The molecule has 10 nitrogen and oxygen atoms in total. The molecule has 1 fully saturated rings. The number of esters is 1. The summed E-state index contributed by atoms with van der Waals surface area (Å²) in [5, 5.41) is 4.79. The summed E-state index contributed by atoms with van der Waals surface area (Å²) in [6.45, 7) is 5.15. The Morgan fingerprint density at radius 2 is 1.17 bits per heavy atom. The minimum absolute atomic E-state index is 0.0161. The van der Waals surface area contributed by atoms with E-state index in [0.717, 1.165) is 22.3 Å². The van der Waals surface area contributed by atoms with E-state index in [1.54, 1.807) is 57.2 Å². The van der Waals surface area contributed by atoms with Crippen LogP contribution in [0.2, 0.25) is 0 Å². The second-order valence-corrected chi connectivity index (χ2v) is 16.5. The molecule has 5 aromatic carbocycles. The van der Waals surface area contributed by atoms with Gasteiger partial charge < -0.3 is 20.1 Å². The molecule has 0 aromatic heterocycles. The van der Waals surface area contributed by atoms with Gasteiger partial charge in [0.15, 0.2) is 11.9 Å². The van der Waals surface area contributed by atoms with Gasteiger partial charge in [0, 0.05) is 5.75 Å². The number of fused-ring (bicyclic) bond motifs is 1. The zero-order chi connectivity index (χ0) is 42.2. The number of alkyl carbamates (subject to hydrolysis) is 1. The fourth-order valence-electron chi connectivity index (χ4n) is 7.21. The van der Waals surface area contributed by atoms with Crippen molar-refractivity contribution in [2.45, 2.75) is 55.9 Å². The fourth-order valence-corrected chi connectivity index (χ4v) is 8.52. The van der Waals surface area contributed by atoms with Gasteiger partial charge in [0.05, 0.1) is 5.92 Å². The minimum Gasteiger partial charge on any atom is -0.448 e. The third-order valence-electron chi connectivity index (χ3n) is 9.97. The van der Waals surface area contributed by atoms with Gasteiger partial charge in [-0.1, -0.05) is 158 Å². The van der Waals surface area contributed by atoms with Gasteiger partial charge in [0.25, 0.3) is 5.91 Å². The van der Waals surface area contributed by atoms with E-state index in [9.17, 15) is 24.0 Å². The Bertz CT molecular complexity index is 2310. The summed E-state index contributed by atoms with van der Waals surface area (Å²) >= 11 is 1.34. The van der Waals surface area contributed by atoms with Crippen LogP contribution in [-0.2, 0) is 28.7 Å². The number of allylic oxidation sites excluding steroid dienone is 2. The van der Waals surface area contributed by atoms with Crippen LogP contribution >= 0.6 is 11.8 Å². The van der Waals surface area contributed by atoms with Crippen LogP contribution in [0.1, 0.15) is 66.7 Å². The van der Waals surface area contributed by atoms with Gasteiger partial charge in [0.1, 0.15) is 28.8 Å². The highest BCUT2D eigenvalue weighted by atomic mass is 32.2. The number of β-lactam (4-membered cyclic amide) rings is 1. The lowest BCUT2D eigenvalue weighted by Crippen LogP contribution is -2.71. The van der Waals surface area contributed by atoms with Crippen LogP contribution in [0.25, 0.3) is 0 Å². The number of nitrogens with one attached hydrogen (secondary N) is 2. The van der Waals surface area contributed by atoms with Crippen LogP contribution in [0.3, 0.4) is 0 Å². The fraction of sp³-hybridized carbons (Fsp3) is 0.204.